The first-order valence-electron chi connectivity index (χ1n) is 19.8. The molecule has 0 spiro atoms. The highest BCUT2D eigenvalue weighted by molar-refractivity contribution is 7.22. The average Bonchev–Trinajstić information content (AvgIpc) is 3.90. The summed E-state index contributed by atoms with van der Waals surface area (Å²) in [5, 5.41) is 10.7. The molecule has 3 heteroatoms. The van der Waals surface area contributed by atoms with Gasteiger partial charge in [-0.15, -0.1) is 0 Å². The Labute approximate surface area is 332 Å². The number of fused-ring (bicyclic) bond motifs is 9. The third-order valence-corrected chi connectivity index (χ3v) is 17.3. The number of benzene rings is 9. The van der Waals surface area contributed by atoms with Crippen LogP contribution in [0.4, 0.5) is 0 Å². The van der Waals surface area contributed by atoms with E-state index in [0.717, 1.165) is 5.69 Å². The van der Waals surface area contributed by atoms with Crippen LogP contribution in [0, 0.1) is 0 Å². The Morgan fingerprint density at radius 2 is 0.754 bits per heavy atom. The molecule has 11 aromatic rings. The molecule has 2 aromatic heterocycles. The van der Waals surface area contributed by atoms with Gasteiger partial charge < -0.3 is 9.13 Å². The van der Waals surface area contributed by atoms with Crippen molar-refractivity contribution in [3.8, 4) is 33.6 Å². The third kappa shape index (κ3) is 4.58. The van der Waals surface area contributed by atoms with E-state index >= 15 is 0 Å². The SMILES string of the molecule is c1ccc(-c2ccc(-n3c4ccccc4c4cc5c(cc43)c3ccccc3n5-c3cccc([Si]4(c5ccccc5)c5ccccc5-c5ccccc54)c3)cc2)cc1. The summed E-state index contributed by atoms with van der Waals surface area (Å²) in [7, 11) is -2.66. The van der Waals surface area contributed by atoms with Crippen molar-refractivity contribution in [3.63, 3.8) is 0 Å². The van der Waals surface area contributed by atoms with Crippen molar-refractivity contribution >= 4 is 72.4 Å². The van der Waals surface area contributed by atoms with Gasteiger partial charge in [0.25, 0.3) is 0 Å². The largest absolute Gasteiger partial charge is 0.309 e. The van der Waals surface area contributed by atoms with Crippen LogP contribution in [0.1, 0.15) is 0 Å². The lowest BCUT2D eigenvalue weighted by atomic mass is 10.1. The topological polar surface area (TPSA) is 9.86 Å². The van der Waals surface area contributed by atoms with Crippen molar-refractivity contribution in [3.05, 3.63) is 218 Å². The average molecular weight is 741 g/mol. The van der Waals surface area contributed by atoms with Crippen LogP contribution in [-0.4, -0.2) is 17.2 Å². The molecule has 12 rings (SSSR count). The third-order valence-electron chi connectivity index (χ3n) is 12.4. The summed E-state index contributed by atoms with van der Waals surface area (Å²) in [5.74, 6) is 0. The molecule has 0 unspecified atom stereocenters. The maximum atomic E-state index is 2.51. The lowest BCUT2D eigenvalue weighted by molar-refractivity contribution is 1.18. The normalized spacial score (nSPS) is 13.1. The van der Waals surface area contributed by atoms with Gasteiger partial charge >= 0.3 is 0 Å². The Bertz CT molecular complexity index is 3290. The fraction of sp³-hybridized carbons (Fsp3) is 0. The van der Waals surface area contributed by atoms with E-state index in [1.54, 1.807) is 0 Å². The minimum absolute atomic E-state index is 1.16. The van der Waals surface area contributed by atoms with E-state index in [9.17, 15) is 0 Å². The minimum Gasteiger partial charge on any atom is -0.309 e. The van der Waals surface area contributed by atoms with E-state index in [1.165, 1.54) is 92.3 Å². The second-order valence-electron chi connectivity index (χ2n) is 15.3. The molecular formula is C54H36N2Si. The van der Waals surface area contributed by atoms with Gasteiger partial charge in [-0.25, -0.2) is 0 Å². The van der Waals surface area contributed by atoms with E-state index in [-0.39, 0.29) is 0 Å². The molecule has 0 bridgehead atoms. The maximum absolute atomic E-state index is 2.66. The van der Waals surface area contributed by atoms with Crippen LogP contribution < -0.4 is 20.7 Å². The van der Waals surface area contributed by atoms with E-state index < -0.39 is 8.07 Å². The van der Waals surface area contributed by atoms with Gasteiger partial charge in [0.2, 0.25) is 0 Å². The van der Waals surface area contributed by atoms with Crippen LogP contribution in [-0.2, 0) is 0 Å². The molecule has 0 saturated carbocycles. The fourth-order valence-corrected chi connectivity index (χ4v) is 15.2. The second kappa shape index (κ2) is 12.4. The molecule has 0 N–H and O–H groups in total. The summed E-state index contributed by atoms with van der Waals surface area (Å²) in [4.78, 5) is 0. The monoisotopic (exact) mass is 740 g/mol. The predicted molar refractivity (Wildman–Crippen MR) is 243 cm³/mol. The van der Waals surface area contributed by atoms with E-state index in [4.69, 9.17) is 0 Å². The van der Waals surface area contributed by atoms with Gasteiger partial charge in [0, 0.05) is 32.9 Å². The van der Waals surface area contributed by atoms with E-state index in [0.29, 0.717) is 0 Å². The standard InChI is InChI=1S/C54H36N2Si/c1-3-16-37(17-4-1)38-30-32-39(33-31-38)55-49-26-11-7-22-43(49)47-36-52-48(35-51(47)55)44-23-8-12-27-50(44)56(52)40-18-15-21-42(34-40)57(41-19-5-2-6-20-41)53-28-13-9-24-45(53)46-25-10-14-29-54(46)57/h1-36H. The lowest BCUT2D eigenvalue weighted by Gasteiger charge is -2.31. The van der Waals surface area contributed by atoms with Gasteiger partial charge in [-0.1, -0.05) is 170 Å². The molecule has 0 fully saturated rings. The zero-order valence-corrected chi connectivity index (χ0v) is 32.2. The van der Waals surface area contributed by atoms with Crippen LogP contribution in [0.5, 0.6) is 0 Å². The molecule has 9 aromatic carbocycles. The van der Waals surface area contributed by atoms with E-state index in [2.05, 4.69) is 228 Å². The summed E-state index contributed by atoms with van der Waals surface area (Å²) >= 11 is 0. The molecule has 3 heterocycles. The Hall–Kier alpha value is -7.20. The Kier molecular flexibility index (Phi) is 6.98. The van der Waals surface area contributed by atoms with Crippen molar-refractivity contribution in [1.29, 1.82) is 0 Å². The first-order chi connectivity index (χ1) is 28.3. The first-order valence-corrected chi connectivity index (χ1v) is 21.8. The first kappa shape index (κ1) is 32.1. The zero-order valence-electron chi connectivity index (χ0n) is 31.2. The summed E-state index contributed by atoms with van der Waals surface area (Å²) in [6.07, 6.45) is 0. The van der Waals surface area contributed by atoms with Gasteiger partial charge in [0.15, 0.2) is 8.07 Å². The summed E-state index contributed by atoms with van der Waals surface area (Å²) in [6.45, 7) is 0. The van der Waals surface area contributed by atoms with Crippen LogP contribution in [0.3, 0.4) is 0 Å². The van der Waals surface area contributed by atoms with Crippen LogP contribution in [0.2, 0.25) is 0 Å². The highest BCUT2D eigenvalue weighted by Gasteiger charge is 2.48. The van der Waals surface area contributed by atoms with Crippen molar-refractivity contribution in [2.45, 2.75) is 0 Å². The Morgan fingerprint density at radius 1 is 0.281 bits per heavy atom. The molecule has 0 atom stereocenters. The molecular weight excluding hydrogens is 705 g/mol. The number of aromatic nitrogens is 2. The molecule has 1 aliphatic rings. The second-order valence-corrected chi connectivity index (χ2v) is 19.0. The summed E-state index contributed by atoms with van der Waals surface area (Å²) < 4.78 is 4.95. The van der Waals surface area contributed by atoms with Crippen LogP contribution in [0.25, 0.3) is 77.2 Å². The molecule has 57 heavy (non-hydrogen) atoms. The minimum atomic E-state index is -2.66. The number of para-hydroxylation sites is 2. The van der Waals surface area contributed by atoms with E-state index in [1.807, 2.05) is 0 Å². The number of hydrogen-bond acceptors (Lipinski definition) is 0. The number of nitrogens with zero attached hydrogens (tertiary/aromatic N) is 2. The number of rotatable bonds is 5. The van der Waals surface area contributed by atoms with Crippen molar-refractivity contribution < 1.29 is 0 Å². The fourth-order valence-electron chi connectivity index (χ4n) is 10.0. The Morgan fingerprint density at radius 3 is 1.37 bits per heavy atom. The van der Waals surface area contributed by atoms with Crippen molar-refractivity contribution in [2.24, 2.45) is 0 Å². The molecule has 0 aliphatic carbocycles. The predicted octanol–water partition coefficient (Wildman–Crippen LogP) is 10.9. The maximum Gasteiger partial charge on any atom is 0.180 e. The van der Waals surface area contributed by atoms with Gasteiger partial charge in [-0.05, 0) is 91.5 Å². The van der Waals surface area contributed by atoms with Crippen LogP contribution >= 0.6 is 0 Å². The zero-order chi connectivity index (χ0) is 37.5. The number of hydrogen-bond donors (Lipinski definition) is 0. The summed E-state index contributed by atoms with van der Waals surface area (Å²) in [5.41, 5.74) is 12.3. The van der Waals surface area contributed by atoms with Gasteiger partial charge in [-0.3, -0.25) is 0 Å². The van der Waals surface area contributed by atoms with Gasteiger partial charge in [0.05, 0.1) is 22.1 Å². The Balaban J connectivity index is 1.11. The van der Waals surface area contributed by atoms with Gasteiger partial charge in [0.1, 0.15) is 0 Å². The molecule has 0 saturated heterocycles. The molecule has 1 aliphatic heterocycles. The van der Waals surface area contributed by atoms with Gasteiger partial charge in [-0.2, -0.15) is 0 Å². The highest BCUT2D eigenvalue weighted by Crippen LogP contribution is 2.40. The molecule has 2 nitrogen and oxygen atoms in total. The molecule has 0 amide bonds. The molecule has 266 valence electrons. The van der Waals surface area contributed by atoms with Crippen LogP contribution in [0.15, 0.2) is 218 Å². The highest BCUT2D eigenvalue weighted by atomic mass is 28.3. The quantitative estimate of drug-likeness (QED) is 0.156. The van der Waals surface area contributed by atoms with Crippen molar-refractivity contribution in [2.75, 3.05) is 0 Å². The molecule has 0 radical (unpaired) electrons. The summed E-state index contributed by atoms with van der Waals surface area (Å²) in [6, 6.07) is 81.3. The van der Waals surface area contributed by atoms with Crippen molar-refractivity contribution in [1.82, 2.24) is 9.13 Å². The lowest BCUT2D eigenvalue weighted by Crippen LogP contribution is -2.72. The smallest absolute Gasteiger partial charge is 0.180 e.